The number of nitrogens with one attached hydrogen (secondary N) is 1. The van der Waals surface area contributed by atoms with Crippen molar-refractivity contribution >= 4 is 21.6 Å². The molecule has 2 N–H and O–H groups in total. The summed E-state index contributed by atoms with van der Waals surface area (Å²) in [7, 11) is 0. The molecule has 0 fully saturated rings. The van der Waals surface area contributed by atoms with Crippen LogP contribution in [0.5, 0.6) is 0 Å². The van der Waals surface area contributed by atoms with Crippen LogP contribution in [-0.2, 0) is 0 Å². The molecule has 4 heteroatoms. The molecule has 10 heavy (non-hydrogen) atoms. The normalized spacial score (nSPS) is 9.50. The summed E-state index contributed by atoms with van der Waals surface area (Å²) in [5, 5.41) is 8.36. The Balaban J connectivity index is 3.04. The minimum Gasteiger partial charge on any atom is -0.291 e. The first-order valence-electron chi connectivity index (χ1n) is 2.59. The topological polar surface area (TPSA) is 32.3 Å². The number of hydrogen-bond acceptors (Lipinski definition) is 2. The van der Waals surface area contributed by atoms with Crippen molar-refractivity contribution in [3.05, 3.63) is 28.5 Å². The SMILES string of the molecule is ONc1ccc(F)c(Br)c1. The lowest BCUT2D eigenvalue weighted by Crippen LogP contribution is -1.88. The molecular weight excluding hydrogens is 201 g/mol. The van der Waals surface area contributed by atoms with E-state index >= 15 is 0 Å². The van der Waals surface area contributed by atoms with Gasteiger partial charge in [0.05, 0.1) is 10.2 Å². The van der Waals surface area contributed by atoms with Gasteiger partial charge in [0.2, 0.25) is 0 Å². The van der Waals surface area contributed by atoms with E-state index in [4.69, 9.17) is 5.21 Å². The van der Waals surface area contributed by atoms with E-state index in [9.17, 15) is 4.39 Å². The molecule has 1 aromatic carbocycles. The Morgan fingerprint density at radius 1 is 1.50 bits per heavy atom. The smallest absolute Gasteiger partial charge is 0.137 e. The summed E-state index contributed by atoms with van der Waals surface area (Å²) >= 11 is 2.96. The van der Waals surface area contributed by atoms with Crippen LogP contribution in [0, 0.1) is 5.82 Å². The molecule has 0 heterocycles. The van der Waals surface area contributed by atoms with Gasteiger partial charge in [0.25, 0.3) is 0 Å². The molecule has 1 aromatic rings. The van der Waals surface area contributed by atoms with E-state index in [1.165, 1.54) is 18.2 Å². The Kier molecular flexibility index (Phi) is 2.24. The van der Waals surface area contributed by atoms with Gasteiger partial charge in [-0.15, -0.1) is 0 Å². The van der Waals surface area contributed by atoms with E-state index in [-0.39, 0.29) is 5.82 Å². The predicted octanol–water partition coefficient (Wildman–Crippen LogP) is 2.39. The summed E-state index contributed by atoms with van der Waals surface area (Å²) in [5.74, 6) is -0.348. The average molecular weight is 206 g/mol. The maximum absolute atomic E-state index is 12.5. The number of rotatable bonds is 1. The quantitative estimate of drug-likeness (QED) is 0.691. The molecule has 1 rings (SSSR count). The zero-order chi connectivity index (χ0) is 7.56. The standard InChI is InChI=1S/C6H5BrFNO/c7-5-3-4(9-10)1-2-6(5)8/h1-3,9-10H. The van der Waals surface area contributed by atoms with Crippen LogP contribution in [0.3, 0.4) is 0 Å². The largest absolute Gasteiger partial charge is 0.291 e. The summed E-state index contributed by atoms with van der Waals surface area (Å²) in [6, 6.07) is 4.12. The molecule has 0 aromatic heterocycles. The number of halogens is 2. The summed E-state index contributed by atoms with van der Waals surface area (Å²) in [5.41, 5.74) is 2.35. The molecule has 0 spiro atoms. The molecule has 0 amide bonds. The Bertz CT molecular complexity index is 241. The van der Waals surface area contributed by atoms with Gasteiger partial charge < -0.3 is 0 Å². The van der Waals surface area contributed by atoms with Crippen LogP contribution in [0.15, 0.2) is 22.7 Å². The first-order chi connectivity index (χ1) is 4.74. The Morgan fingerprint density at radius 3 is 2.70 bits per heavy atom. The molecule has 0 aliphatic rings. The zero-order valence-electron chi connectivity index (χ0n) is 4.94. The van der Waals surface area contributed by atoms with E-state index < -0.39 is 0 Å². The van der Waals surface area contributed by atoms with E-state index in [0.29, 0.717) is 10.2 Å². The van der Waals surface area contributed by atoms with Crippen LogP contribution in [0.1, 0.15) is 0 Å². The molecule has 0 bridgehead atoms. The van der Waals surface area contributed by atoms with E-state index in [1.807, 2.05) is 5.48 Å². The van der Waals surface area contributed by atoms with Crippen molar-refractivity contribution in [2.45, 2.75) is 0 Å². The van der Waals surface area contributed by atoms with E-state index in [2.05, 4.69) is 15.9 Å². The van der Waals surface area contributed by atoms with Crippen molar-refractivity contribution in [2.75, 3.05) is 5.48 Å². The average Bonchev–Trinajstić information content (AvgIpc) is 1.95. The highest BCUT2D eigenvalue weighted by Gasteiger charge is 1.97. The van der Waals surface area contributed by atoms with Gasteiger partial charge in [0.15, 0.2) is 0 Å². The first kappa shape index (κ1) is 7.50. The van der Waals surface area contributed by atoms with Gasteiger partial charge in [0, 0.05) is 0 Å². The predicted molar refractivity (Wildman–Crippen MR) is 39.5 cm³/mol. The molecule has 0 radical (unpaired) electrons. The number of benzene rings is 1. The van der Waals surface area contributed by atoms with Gasteiger partial charge in [-0.1, -0.05) is 0 Å². The highest BCUT2D eigenvalue weighted by Crippen LogP contribution is 2.19. The second kappa shape index (κ2) is 2.98. The van der Waals surface area contributed by atoms with Gasteiger partial charge in [-0.2, -0.15) is 0 Å². The third-order valence-electron chi connectivity index (χ3n) is 1.05. The number of anilines is 1. The van der Waals surface area contributed by atoms with E-state index in [0.717, 1.165) is 0 Å². The fourth-order valence-electron chi connectivity index (χ4n) is 0.566. The van der Waals surface area contributed by atoms with Gasteiger partial charge in [0.1, 0.15) is 5.82 Å². The highest BCUT2D eigenvalue weighted by atomic mass is 79.9. The fourth-order valence-corrected chi connectivity index (χ4v) is 0.944. The van der Waals surface area contributed by atoms with Crippen LogP contribution < -0.4 is 5.48 Å². The summed E-state index contributed by atoms with van der Waals surface area (Å²) in [4.78, 5) is 0. The maximum Gasteiger partial charge on any atom is 0.137 e. The zero-order valence-corrected chi connectivity index (χ0v) is 6.52. The van der Waals surface area contributed by atoms with Crippen LogP contribution >= 0.6 is 15.9 Å². The van der Waals surface area contributed by atoms with Crippen LogP contribution in [-0.4, -0.2) is 5.21 Å². The lowest BCUT2D eigenvalue weighted by molar-refractivity contribution is 0.388. The lowest BCUT2D eigenvalue weighted by Gasteiger charge is -1.98. The Morgan fingerprint density at radius 2 is 2.20 bits per heavy atom. The monoisotopic (exact) mass is 205 g/mol. The molecule has 0 saturated carbocycles. The minimum atomic E-state index is -0.348. The molecule has 0 atom stereocenters. The molecule has 0 saturated heterocycles. The first-order valence-corrected chi connectivity index (χ1v) is 3.38. The third-order valence-corrected chi connectivity index (χ3v) is 1.66. The second-order valence-electron chi connectivity index (χ2n) is 1.74. The molecule has 2 nitrogen and oxygen atoms in total. The Hall–Kier alpha value is -0.610. The van der Waals surface area contributed by atoms with Gasteiger partial charge >= 0.3 is 0 Å². The Labute approximate surface area is 65.8 Å². The molecule has 0 aliphatic carbocycles. The highest BCUT2D eigenvalue weighted by molar-refractivity contribution is 9.10. The number of hydrogen-bond donors (Lipinski definition) is 2. The third kappa shape index (κ3) is 1.46. The second-order valence-corrected chi connectivity index (χ2v) is 2.60. The minimum absolute atomic E-state index is 0.326. The van der Waals surface area contributed by atoms with Crippen molar-refractivity contribution in [1.82, 2.24) is 0 Å². The summed E-state index contributed by atoms with van der Waals surface area (Å²) in [6.45, 7) is 0. The maximum atomic E-state index is 12.5. The van der Waals surface area contributed by atoms with Crippen molar-refractivity contribution < 1.29 is 9.60 Å². The van der Waals surface area contributed by atoms with Gasteiger partial charge in [-0.05, 0) is 34.1 Å². The van der Waals surface area contributed by atoms with Crippen LogP contribution in [0.2, 0.25) is 0 Å². The van der Waals surface area contributed by atoms with Crippen molar-refractivity contribution in [1.29, 1.82) is 0 Å². The molecule has 0 aliphatic heterocycles. The molecule has 0 unspecified atom stereocenters. The molecular formula is C6H5BrFNO. The van der Waals surface area contributed by atoms with Crippen LogP contribution in [0.25, 0.3) is 0 Å². The molecule has 54 valence electrons. The summed E-state index contributed by atoms with van der Waals surface area (Å²) < 4.78 is 12.8. The van der Waals surface area contributed by atoms with Gasteiger partial charge in [-0.25, -0.2) is 4.39 Å². The van der Waals surface area contributed by atoms with E-state index in [1.54, 1.807) is 0 Å². The van der Waals surface area contributed by atoms with Crippen molar-refractivity contribution in [2.24, 2.45) is 0 Å². The summed E-state index contributed by atoms with van der Waals surface area (Å²) in [6.07, 6.45) is 0. The van der Waals surface area contributed by atoms with Crippen molar-refractivity contribution in [3.63, 3.8) is 0 Å². The van der Waals surface area contributed by atoms with Gasteiger partial charge in [-0.3, -0.25) is 10.7 Å². The lowest BCUT2D eigenvalue weighted by atomic mass is 10.3. The van der Waals surface area contributed by atoms with Crippen LogP contribution in [0.4, 0.5) is 10.1 Å². The van der Waals surface area contributed by atoms with Crippen molar-refractivity contribution in [3.8, 4) is 0 Å². The fraction of sp³-hybridized carbons (Fsp3) is 0.